The molecule has 2 bridgehead atoms. The van der Waals surface area contributed by atoms with Gasteiger partial charge >= 0.3 is 6.09 Å². The second-order valence-corrected chi connectivity index (χ2v) is 6.12. The molecule has 5 heteroatoms. The van der Waals surface area contributed by atoms with Crippen molar-refractivity contribution in [1.82, 2.24) is 5.32 Å². The van der Waals surface area contributed by atoms with Crippen molar-refractivity contribution in [2.45, 2.75) is 63.4 Å². The third-order valence-corrected chi connectivity index (χ3v) is 3.32. The maximum absolute atomic E-state index is 11.5. The van der Waals surface area contributed by atoms with Gasteiger partial charge in [0.05, 0.1) is 17.7 Å². The monoisotopic (exact) mass is 242 g/mol. The van der Waals surface area contributed by atoms with Crippen molar-refractivity contribution in [3.05, 3.63) is 0 Å². The van der Waals surface area contributed by atoms with E-state index in [0.717, 1.165) is 19.3 Å². The topological polar surface area (TPSA) is 73.6 Å². The molecule has 0 aliphatic carbocycles. The number of rotatable bonds is 2. The first-order valence-corrected chi connectivity index (χ1v) is 6.20. The summed E-state index contributed by atoms with van der Waals surface area (Å²) in [7, 11) is 0. The average Bonchev–Trinajstić information content (AvgIpc) is 2.72. The van der Waals surface area contributed by atoms with Gasteiger partial charge in [-0.1, -0.05) is 0 Å². The molecule has 3 atom stereocenters. The summed E-state index contributed by atoms with van der Waals surface area (Å²) in [5, 5.41) is 2.74. The Bertz CT molecular complexity index is 313. The number of nitrogens with two attached hydrogens (primary N) is 1. The van der Waals surface area contributed by atoms with Crippen LogP contribution >= 0.6 is 0 Å². The van der Waals surface area contributed by atoms with Crippen LogP contribution in [0.15, 0.2) is 0 Å². The summed E-state index contributed by atoms with van der Waals surface area (Å²) >= 11 is 0. The maximum atomic E-state index is 11.5. The molecule has 0 saturated carbocycles. The zero-order chi connectivity index (χ0) is 12.7. The number of alkyl carbamates (subject to hydrolysis) is 1. The Balaban J connectivity index is 1.80. The number of amides is 1. The molecule has 0 spiro atoms. The van der Waals surface area contributed by atoms with Crippen molar-refractivity contribution in [1.29, 1.82) is 0 Å². The first kappa shape index (κ1) is 12.6. The normalized spacial score (nSPS) is 36.0. The minimum absolute atomic E-state index is 0.0856. The Morgan fingerprint density at radius 1 is 1.53 bits per heavy atom. The van der Waals surface area contributed by atoms with Gasteiger partial charge in [0.1, 0.15) is 5.60 Å². The second-order valence-electron chi connectivity index (χ2n) is 6.12. The number of carbonyl (C=O) groups excluding carboxylic acids is 1. The van der Waals surface area contributed by atoms with E-state index in [1.54, 1.807) is 0 Å². The van der Waals surface area contributed by atoms with Crippen molar-refractivity contribution < 1.29 is 14.3 Å². The molecular weight excluding hydrogens is 220 g/mol. The summed E-state index contributed by atoms with van der Waals surface area (Å²) in [5.74, 6) is 0. The molecule has 0 radical (unpaired) electrons. The summed E-state index contributed by atoms with van der Waals surface area (Å²) in [4.78, 5) is 11.5. The number of ether oxygens (including phenoxy) is 2. The van der Waals surface area contributed by atoms with Gasteiger partial charge < -0.3 is 20.5 Å². The standard InChI is InChI=1S/C12H22N2O3/c1-11(2,3)17-10(15)14-7-12(13)6-8-4-5-9(12)16-8/h8-9H,4-7,13H2,1-3H3,(H,14,15). The highest BCUT2D eigenvalue weighted by atomic mass is 16.6. The second kappa shape index (κ2) is 4.14. The van der Waals surface area contributed by atoms with E-state index in [1.807, 2.05) is 20.8 Å². The third-order valence-electron chi connectivity index (χ3n) is 3.32. The van der Waals surface area contributed by atoms with Gasteiger partial charge in [-0.3, -0.25) is 0 Å². The zero-order valence-electron chi connectivity index (χ0n) is 10.8. The van der Waals surface area contributed by atoms with Gasteiger partial charge in [0, 0.05) is 6.54 Å². The summed E-state index contributed by atoms with van der Waals surface area (Å²) in [5.41, 5.74) is 5.37. The highest BCUT2D eigenvalue weighted by Crippen LogP contribution is 2.39. The predicted octanol–water partition coefficient (Wildman–Crippen LogP) is 1.16. The summed E-state index contributed by atoms with van der Waals surface area (Å²) in [6.07, 6.45) is 2.87. The molecule has 2 rings (SSSR count). The van der Waals surface area contributed by atoms with E-state index in [4.69, 9.17) is 15.2 Å². The third kappa shape index (κ3) is 2.90. The van der Waals surface area contributed by atoms with Gasteiger partial charge in [0.15, 0.2) is 0 Å². The van der Waals surface area contributed by atoms with Crippen molar-refractivity contribution in [3.8, 4) is 0 Å². The van der Waals surface area contributed by atoms with E-state index in [2.05, 4.69) is 5.32 Å². The number of nitrogens with one attached hydrogen (secondary N) is 1. The lowest BCUT2D eigenvalue weighted by atomic mass is 9.82. The Morgan fingerprint density at radius 2 is 2.24 bits per heavy atom. The first-order valence-electron chi connectivity index (χ1n) is 6.20. The van der Waals surface area contributed by atoms with Gasteiger partial charge in [-0.15, -0.1) is 0 Å². The molecule has 98 valence electrons. The molecule has 2 fully saturated rings. The molecule has 2 aliphatic rings. The average molecular weight is 242 g/mol. The number of fused-ring (bicyclic) bond motifs is 2. The van der Waals surface area contributed by atoms with Crippen LogP contribution in [0, 0.1) is 0 Å². The first-order chi connectivity index (χ1) is 7.78. The lowest BCUT2D eigenvalue weighted by Crippen LogP contribution is -2.56. The van der Waals surface area contributed by atoms with E-state index in [1.165, 1.54) is 0 Å². The molecule has 0 aromatic rings. The maximum Gasteiger partial charge on any atom is 0.407 e. The van der Waals surface area contributed by atoms with E-state index >= 15 is 0 Å². The van der Waals surface area contributed by atoms with Crippen LogP contribution in [0.1, 0.15) is 40.0 Å². The van der Waals surface area contributed by atoms with Crippen LogP contribution in [0.25, 0.3) is 0 Å². The predicted molar refractivity (Wildman–Crippen MR) is 63.7 cm³/mol. The SMILES string of the molecule is CC(C)(C)OC(=O)NCC1(N)CC2CCC1O2. The van der Waals surface area contributed by atoms with Crippen LogP contribution in [-0.4, -0.2) is 36.0 Å². The molecule has 17 heavy (non-hydrogen) atoms. The van der Waals surface area contributed by atoms with Crippen molar-refractivity contribution in [2.24, 2.45) is 5.73 Å². The van der Waals surface area contributed by atoms with Crippen LogP contribution in [-0.2, 0) is 9.47 Å². The fourth-order valence-electron chi connectivity index (χ4n) is 2.57. The minimum atomic E-state index is -0.475. The van der Waals surface area contributed by atoms with Gasteiger partial charge in [0.25, 0.3) is 0 Å². The van der Waals surface area contributed by atoms with E-state index in [0.29, 0.717) is 6.54 Å². The highest BCUT2D eigenvalue weighted by molar-refractivity contribution is 5.67. The van der Waals surface area contributed by atoms with Crippen LogP contribution < -0.4 is 11.1 Å². The fraction of sp³-hybridized carbons (Fsp3) is 0.917. The fourth-order valence-corrected chi connectivity index (χ4v) is 2.57. The van der Waals surface area contributed by atoms with Gasteiger partial charge in [-0.25, -0.2) is 4.79 Å². The van der Waals surface area contributed by atoms with Gasteiger partial charge in [-0.05, 0) is 40.0 Å². The highest BCUT2D eigenvalue weighted by Gasteiger charge is 2.50. The van der Waals surface area contributed by atoms with Crippen molar-refractivity contribution in [2.75, 3.05) is 6.54 Å². The Hall–Kier alpha value is -0.810. The van der Waals surface area contributed by atoms with Crippen LogP contribution in [0.3, 0.4) is 0 Å². The molecule has 2 saturated heterocycles. The lowest BCUT2D eigenvalue weighted by Gasteiger charge is -2.31. The molecule has 5 nitrogen and oxygen atoms in total. The van der Waals surface area contributed by atoms with Crippen LogP contribution in [0.2, 0.25) is 0 Å². The summed E-state index contributed by atoms with van der Waals surface area (Å²) in [6, 6.07) is 0. The Kier molecular flexibility index (Phi) is 3.08. The molecule has 3 N–H and O–H groups in total. The quantitative estimate of drug-likeness (QED) is 0.762. The van der Waals surface area contributed by atoms with Crippen LogP contribution in [0.5, 0.6) is 0 Å². The molecule has 1 amide bonds. The lowest BCUT2D eigenvalue weighted by molar-refractivity contribution is 0.0490. The van der Waals surface area contributed by atoms with Crippen molar-refractivity contribution in [3.63, 3.8) is 0 Å². The van der Waals surface area contributed by atoms with E-state index < -0.39 is 17.2 Å². The number of hydrogen-bond donors (Lipinski definition) is 2. The van der Waals surface area contributed by atoms with Crippen molar-refractivity contribution >= 4 is 6.09 Å². The molecule has 0 aromatic heterocycles. The minimum Gasteiger partial charge on any atom is -0.444 e. The zero-order valence-corrected chi connectivity index (χ0v) is 10.8. The Morgan fingerprint density at radius 3 is 2.71 bits per heavy atom. The number of hydrogen-bond acceptors (Lipinski definition) is 4. The smallest absolute Gasteiger partial charge is 0.407 e. The summed E-state index contributed by atoms with van der Waals surface area (Å²) < 4.78 is 10.9. The van der Waals surface area contributed by atoms with E-state index in [9.17, 15) is 4.79 Å². The van der Waals surface area contributed by atoms with Crippen LogP contribution in [0.4, 0.5) is 4.79 Å². The van der Waals surface area contributed by atoms with E-state index in [-0.39, 0.29) is 12.2 Å². The number of carbonyl (C=O) groups is 1. The summed E-state index contributed by atoms with van der Waals surface area (Å²) in [6.45, 7) is 5.94. The van der Waals surface area contributed by atoms with Gasteiger partial charge in [-0.2, -0.15) is 0 Å². The molecule has 3 unspecified atom stereocenters. The van der Waals surface area contributed by atoms with Gasteiger partial charge in [0.2, 0.25) is 0 Å². The molecule has 0 aromatic carbocycles. The Labute approximate surface area is 102 Å². The molecule has 2 aliphatic heterocycles. The largest absolute Gasteiger partial charge is 0.444 e. The molecular formula is C12H22N2O3. The molecule has 2 heterocycles.